The first-order valence-electron chi connectivity index (χ1n) is 8.29. The number of nitrogens with one attached hydrogen (secondary N) is 2. The number of anilines is 1. The number of hydrogen-bond acceptors (Lipinski definition) is 2. The van der Waals surface area contributed by atoms with Crippen LogP contribution in [0.3, 0.4) is 0 Å². The zero-order valence-corrected chi connectivity index (χ0v) is 13.2. The lowest BCUT2D eigenvalue weighted by Gasteiger charge is -2.36. The van der Waals surface area contributed by atoms with E-state index in [4.69, 9.17) is 0 Å². The Morgan fingerprint density at radius 2 is 1.68 bits per heavy atom. The van der Waals surface area contributed by atoms with Gasteiger partial charge in [0.1, 0.15) is 0 Å². The van der Waals surface area contributed by atoms with Crippen LogP contribution in [0.1, 0.15) is 57.4 Å². The summed E-state index contributed by atoms with van der Waals surface area (Å²) in [5.41, 5.74) is 1.49. The molecule has 2 aliphatic carbocycles. The van der Waals surface area contributed by atoms with E-state index in [0.29, 0.717) is 6.04 Å². The summed E-state index contributed by atoms with van der Waals surface area (Å²) in [6.45, 7) is 1.50. The van der Waals surface area contributed by atoms with E-state index in [2.05, 4.69) is 10.6 Å². The zero-order chi connectivity index (χ0) is 15.6. The van der Waals surface area contributed by atoms with Crippen molar-refractivity contribution < 1.29 is 9.59 Å². The van der Waals surface area contributed by atoms with Crippen LogP contribution in [0.4, 0.5) is 5.69 Å². The lowest BCUT2D eigenvalue weighted by Crippen LogP contribution is -2.46. The smallest absolute Gasteiger partial charge is 0.230 e. The molecule has 0 aromatic heterocycles. The van der Waals surface area contributed by atoms with Gasteiger partial charge in [0.05, 0.1) is 5.41 Å². The number of benzene rings is 1. The summed E-state index contributed by atoms with van der Waals surface area (Å²) >= 11 is 0. The topological polar surface area (TPSA) is 58.2 Å². The van der Waals surface area contributed by atoms with Gasteiger partial charge in [-0.15, -0.1) is 0 Å². The summed E-state index contributed by atoms with van der Waals surface area (Å²) < 4.78 is 0. The molecule has 2 fully saturated rings. The maximum absolute atomic E-state index is 12.9. The molecule has 0 spiro atoms. The molecule has 1 aromatic carbocycles. The fourth-order valence-corrected chi connectivity index (χ4v) is 3.43. The highest BCUT2D eigenvalue weighted by atomic mass is 16.2. The van der Waals surface area contributed by atoms with Gasteiger partial charge in [-0.05, 0) is 43.4 Å². The van der Waals surface area contributed by atoms with E-state index >= 15 is 0 Å². The standard InChI is InChI=1S/C18H24N2O2/c1-13(21)19-15-7-5-14(6-8-15)18(11-3-2-4-12-18)17(22)20-16-9-10-16/h5-8,16H,2-4,9-12H2,1H3,(H,19,21)(H,20,22). The molecule has 2 N–H and O–H groups in total. The van der Waals surface area contributed by atoms with E-state index in [1.54, 1.807) is 0 Å². The van der Waals surface area contributed by atoms with Gasteiger partial charge in [-0.3, -0.25) is 9.59 Å². The lowest BCUT2D eigenvalue weighted by molar-refractivity contribution is -0.128. The molecule has 1 aromatic rings. The van der Waals surface area contributed by atoms with Crippen molar-refractivity contribution in [3.8, 4) is 0 Å². The molecular weight excluding hydrogens is 276 g/mol. The molecule has 2 aliphatic rings. The van der Waals surface area contributed by atoms with E-state index < -0.39 is 0 Å². The van der Waals surface area contributed by atoms with E-state index in [-0.39, 0.29) is 17.2 Å². The third-order valence-electron chi connectivity index (χ3n) is 4.81. The first-order valence-corrected chi connectivity index (χ1v) is 8.29. The van der Waals surface area contributed by atoms with Crippen LogP contribution in [0.15, 0.2) is 24.3 Å². The fraction of sp³-hybridized carbons (Fsp3) is 0.556. The van der Waals surface area contributed by atoms with Crippen molar-refractivity contribution in [2.75, 3.05) is 5.32 Å². The Balaban J connectivity index is 1.84. The summed E-state index contributed by atoms with van der Waals surface area (Å²) in [7, 11) is 0. The minimum absolute atomic E-state index is 0.0772. The average Bonchev–Trinajstić information content (AvgIpc) is 3.32. The van der Waals surface area contributed by atoms with Crippen LogP contribution in [0.2, 0.25) is 0 Å². The third kappa shape index (κ3) is 3.16. The number of hydrogen-bond donors (Lipinski definition) is 2. The van der Waals surface area contributed by atoms with Crippen LogP contribution < -0.4 is 10.6 Å². The summed E-state index contributed by atoms with van der Waals surface area (Å²) in [5.74, 6) is 0.119. The second-order valence-electron chi connectivity index (χ2n) is 6.65. The van der Waals surface area contributed by atoms with Gasteiger partial charge in [-0.2, -0.15) is 0 Å². The molecule has 0 atom stereocenters. The van der Waals surface area contributed by atoms with Crippen molar-refractivity contribution in [2.24, 2.45) is 0 Å². The molecular formula is C18H24N2O2. The summed E-state index contributed by atoms with van der Waals surface area (Å²) in [4.78, 5) is 24.0. The van der Waals surface area contributed by atoms with Gasteiger partial charge in [-0.25, -0.2) is 0 Å². The molecule has 0 heterocycles. The van der Waals surface area contributed by atoms with Crippen LogP contribution in [0.5, 0.6) is 0 Å². The Bertz CT molecular complexity index is 555. The summed E-state index contributed by atoms with van der Waals surface area (Å²) in [5, 5.41) is 5.98. The zero-order valence-electron chi connectivity index (χ0n) is 13.2. The van der Waals surface area contributed by atoms with Crippen LogP contribution in [-0.4, -0.2) is 17.9 Å². The molecule has 0 unspecified atom stereocenters. The predicted molar refractivity (Wildman–Crippen MR) is 86.7 cm³/mol. The molecule has 0 saturated heterocycles. The van der Waals surface area contributed by atoms with Crippen molar-refractivity contribution in [2.45, 2.75) is 63.3 Å². The van der Waals surface area contributed by atoms with Crippen LogP contribution >= 0.6 is 0 Å². The highest BCUT2D eigenvalue weighted by molar-refractivity contribution is 5.90. The maximum atomic E-state index is 12.9. The van der Waals surface area contributed by atoms with Crippen molar-refractivity contribution in [1.29, 1.82) is 0 Å². The largest absolute Gasteiger partial charge is 0.353 e. The Morgan fingerprint density at radius 3 is 2.23 bits per heavy atom. The van der Waals surface area contributed by atoms with Gasteiger partial charge in [0.15, 0.2) is 0 Å². The number of carbonyl (C=O) groups excluding carboxylic acids is 2. The quantitative estimate of drug-likeness (QED) is 0.897. The second kappa shape index (κ2) is 6.11. The van der Waals surface area contributed by atoms with E-state index in [1.165, 1.54) is 13.3 Å². The molecule has 4 nitrogen and oxygen atoms in total. The van der Waals surface area contributed by atoms with Crippen LogP contribution in [0, 0.1) is 0 Å². The predicted octanol–water partition coefficient (Wildman–Crippen LogP) is 3.13. The van der Waals surface area contributed by atoms with Crippen molar-refractivity contribution in [3.63, 3.8) is 0 Å². The van der Waals surface area contributed by atoms with Crippen molar-refractivity contribution in [3.05, 3.63) is 29.8 Å². The van der Waals surface area contributed by atoms with Gasteiger partial charge in [0.25, 0.3) is 0 Å². The van der Waals surface area contributed by atoms with Gasteiger partial charge < -0.3 is 10.6 Å². The van der Waals surface area contributed by atoms with E-state index in [9.17, 15) is 9.59 Å². The number of carbonyl (C=O) groups is 2. The van der Waals surface area contributed by atoms with Gasteiger partial charge in [0, 0.05) is 18.7 Å². The minimum atomic E-state index is -0.379. The average molecular weight is 300 g/mol. The fourth-order valence-electron chi connectivity index (χ4n) is 3.43. The molecule has 3 rings (SSSR count). The minimum Gasteiger partial charge on any atom is -0.353 e. The van der Waals surface area contributed by atoms with Crippen LogP contribution in [0.25, 0.3) is 0 Å². The first-order chi connectivity index (χ1) is 10.6. The Hall–Kier alpha value is -1.84. The second-order valence-corrected chi connectivity index (χ2v) is 6.65. The maximum Gasteiger partial charge on any atom is 0.230 e. The highest BCUT2D eigenvalue weighted by Crippen LogP contribution is 2.40. The molecule has 2 saturated carbocycles. The molecule has 4 heteroatoms. The monoisotopic (exact) mass is 300 g/mol. The molecule has 0 bridgehead atoms. The van der Waals surface area contributed by atoms with Crippen molar-refractivity contribution in [1.82, 2.24) is 5.32 Å². The third-order valence-corrected chi connectivity index (χ3v) is 4.81. The molecule has 22 heavy (non-hydrogen) atoms. The Morgan fingerprint density at radius 1 is 1.05 bits per heavy atom. The molecule has 2 amide bonds. The lowest BCUT2D eigenvalue weighted by atomic mass is 9.68. The Labute approximate surface area is 131 Å². The van der Waals surface area contributed by atoms with Gasteiger partial charge in [0.2, 0.25) is 11.8 Å². The number of amides is 2. The van der Waals surface area contributed by atoms with Gasteiger partial charge >= 0.3 is 0 Å². The van der Waals surface area contributed by atoms with E-state index in [0.717, 1.165) is 49.8 Å². The Kier molecular flexibility index (Phi) is 4.19. The van der Waals surface area contributed by atoms with Gasteiger partial charge in [-0.1, -0.05) is 31.4 Å². The molecule has 118 valence electrons. The molecule has 0 aliphatic heterocycles. The van der Waals surface area contributed by atoms with Crippen LogP contribution in [-0.2, 0) is 15.0 Å². The van der Waals surface area contributed by atoms with E-state index in [1.807, 2.05) is 24.3 Å². The number of rotatable bonds is 4. The summed E-state index contributed by atoms with van der Waals surface area (Å²) in [6.07, 6.45) is 7.49. The first kappa shape index (κ1) is 15.1. The normalized spacial score (nSPS) is 20.2. The highest BCUT2D eigenvalue weighted by Gasteiger charge is 2.42. The summed E-state index contributed by atoms with van der Waals surface area (Å²) in [6, 6.07) is 8.20. The van der Waals surface area contributed by atoms with Crippen molar-refractivity contribution >= 4 is 17.5 Å². The molecule has 0 radical (unpaired) electrons. The SMILES string of the molecule is CC(=O)Nc1ccc(C2(C(=O)NC3CC3)CCCCC2)cc1.